The van der Waals surface area contributed by atoms with Gasteiger partial charge in [0, 0.05) is 0 Å². The van der Waals surface area contributed by atoms with E-state index >= 15 is 0 Å². The van der Waals surface area contributed by atoms with Gasteiger partial charge in [-0.25, -0.2) is 0 Å². The van der Waals surface area contributed by atoms with E-state index in [1.165, 1.54) is 30.4 Å². The van der Waals surface area contributed by atoms with Crippen molar-refractivity contribution in [3.63, 3.8) is 0 Å². The van der Waals surface area contributed by atoms with Gasteiger partial charge in [-0.1, -0.05) is 29.8 Å². The van der Waals surface area contributed by atoms with Crippen molar-refractivity contribution in [3.8, 4) is 0 Å². The Kier molecular flexibility index (Phi) is 1.69. The second-order valence-electron chi connectivity index (χ2n) is 3.63. The van der Waals surface area contributed by atoms with E-state index in [4.69, 9.17) is 0 Å². The summed E-state index contributed by atoms with van der Waals surface area (Å²) in [4.78, 5) is 0. The van der Waals surface area contributed by atoms with Crippen molar-refractivity contribution in [1.29, 1.82) is 0 Å². The van der Waals surface area contributed by atoms with Crippen LogP contribution in [0.4, 0.5) is 0 Å². The highest BCUT2D eigenvalue weighted by atomic mass is 14.3. The second kappa shape index (κ2) is 2.69. The quantitative estimate of drug-likeness (QED) is 0.601. The molecule has 0 aromatic heterocycles. The minimum atomic E-state index is 1.01. The first-order valence-corrected chi connectivity index (χ1v) is 4.40. The maximum atomic E-state index is 2.26. The summed E-state index contributed by atoms with van der Waals surface area (Å²) in [5, 5.41) is 0. The molecule has 1 aliphatic carbocycles. The Morgan fingerprint density at radius 2 is 1.82 bits per heavy atom. The molecule has 0 nitrogen and oxygen atoms in total. The Labute approximate surface area is 68.3 Å². The molecule has 0 amide bonds. The highest BCUT2D eigenvalue weighted by Gasteiger charge is 2.20. The van der Waals surface area contributed by atoms with Gasteiger partial charge in [-0.05, 0) is 37.7 Å². The van der Waals surface area contributed by atoms with Crippen LogP contribution in [0, 0.1) is 12.8 Å². The Morgan fingerprint density at radius 1 is 1.18 bits per heavy atom. The fourth-order valence-corrected chi connectivity index (χ4v) is 1.38. The Morgan fingerprint density at radius 3 is 2.36 bits per heavy atom. The van der Waals surface area contributed by atoms with Crippen LogP contribution >= 0.6 is 0 Å². The van der Waals surface area contributed by atoms with Crippen LogP contribution in [0.2, 0.25) is 0 Å². The summed E-state index contributed by atoms with van der Waals surface area (Å²) in [5.74, 6) is 1.01. The summed E-state index contributed by atoms with van der Waals surface area (Å²) in [5.41, 5.74) is 2.88. The second-order valence-corrected chi connectivity index (χ2v) is 3.63. The highest BCUT2D eigenvalue weighted by Crippen LogP contribution is 2.32. The molecule has 0 N–H and O–H groups in total. The smallest absolute Gasteiger partial charge is 0.0250 e. The molecule has 1 fully saturated rings. The van der Waals surface area contributed by atoms with Gasteiger partial charge < -0.3 is 0 Å². The normalized spacial score (nSPS) is 16.8. The molecule has 0 bridgehead atoms. The maximum absolute atomic E-state index is 2.26. The Bertz CT molecular complexity index is 229. The van der Waals surface area contributed by atoms with Crippen LogP contribution in [0.25, 0.3) is 0 Å². The fraction of sp³-hybridized carbons (Fsp3) is 0.455. The van der Waals surface area contributed by atoms with Gasteiger partial charge in [0.05, 0.1) is 0 Å². The standard InChI is InChI=1S/C11H14/c1-9-2-4-10(5-3-9)8-11-6-7-11/h2-5,11H,6-8H2,1H3. The lowest BCUT2D eigenvalue weighted by Gasteiger charge is -1.98. The molecule has 0 heterocycles. The van der Waals surface area contributed by atoms with Crippen molar-refractivity contribution < 1.29 is 0 Å². The van der Waals surface area contributed by atoms with Crippen molar-refractivity contribution in [2.45, 2.75) is 26.2 Å². The van der Waals surface area contributed by atoms with Gasteiger partial charge in [0.1, 0.15) is 0 Å². The first kappa shape index (κ1) is 6.90. The lowest BCUT2D eigenvalue weighted by Crippen LogP contribution is -1.85. The molecule has 0 unspecified atom stereocenters. The van der Waals surface area contributed by atoms with E-state index in [1.807, 2.05) is 0 Å². The van der Waals surface area contributed by atoms with Crippen molar-refractivity contribution in [3.05, 3.63) is 35.4 Å². The van der Waals surface area contributed by atoms with E-state index < -0.39 is 0 Å². The van der Waals surface area contributed by atoms with E-state index in [-0.39, 0.29) is 0 Å². The van der Waals surface area contributed by atoms with Crippen LogP contribution in [-0.4, -0.2) is 0 Å². The largest absolute Gasteiger partial charge is 0.0591 e. The van der Waals surface area contributed by atoms with Crippen LogP contribution in [0.15, 0.2) is 24.3 Å². The predicted octanol–water partition coefficient (Wildman–Crippen LogP) is 2.95. The van der Waals surface area contributed by atoms with Gasteiger partial charge in [-0.3, -0.25) is 0 Å². The van der Waals surface area contributed by atoms with Crippen molar-refractivity contribution in [2.24, 2.45) is 5.92 Å². The summed E-state index contributed by atoms with van der Waals surface area (Å²) < 4.78 is 0. The van der Waals surface area contributed by atoms with Crippen molar-refractivity contribution >= 4 is 0 Å². The number of rotatable bonds is 2. The van der Waals surface area contributed by atoms with Crippen molar-refractivity contribution in [2.75, 3.05) is 0 Å². The average molecular weight is 146 g/mol. The Hall–Kier alpha value is -0.780. The number of hydrogen-bond acceptors (Lipinski definition) is 0. The summed E-state index contributed by atoms with van der Waals surface area (Å²) in [6.45, 7) is 2.14. The molecule has 1 aliphatic rings. The number of aryl methyl sites for hydroxylation is 1. The minimum absolute atomic E-state index is 1.01. The van der Waals surface area contributed by atoms with E-state index in [2.05, 4.69) is 31.2 Å². The van der Waals surface area contributed by atoms with Gasteiger partial charge in [-0.2, -0.15) is 0 Å². The summed E-state index contributed by atoms with van der Waals surface area (Å²) in [6, 6.07) is 8.93. The van der Waals surface area contributed by atoms with Gasteiger partial charge in [0.15, 0.2) is 0 Å². The van der Waals surface area contributed by atoms with E-state index in [9.17, 15) is 0 Å². The zero-order chi connectivity index (χ0) is 7.68. The molecule has 0 saturated heterocycles. The van der Waals surface area contributed by atoms with E-state index in [0.29, 0.717) is 0 Å². The highest BCUT2D eigenvalue weighted by molar-refractivity contribution is 5.22. The Balaban J connectivity index is 2.06. The van der Waals surface area contributed by atoms with E-state index in [1.54, 1.807) is 0 Å². The molecule has 1 saturated carbocycles. The van der Waals surface area contributed by atoms with Crippen LogP contribution in [0.1, 0.15) is 24.0 Å². The minimum Gasteiger partial charge on any atom is -0.0591 e. The molecule has 58 valence electrons. The van der Waals surface area contributed by atoms with E-state index in [0.717, 1.165) is 5.92 Å². The molecular weight excluding hydrogens is 132 g/mol. The maximum Gasteiger partial charge on any atom is -0.0250 e. The summed E-state index contributed by atoms with van der Waals surface area (Å²) >= 11 is 0. The lowest BCUT2D eigenvalue weighted by atomic mass is 10.1. The molecule has 11 heavy (non-hydrogen) atoms. The molecule has 0 aliphatic heterocycles. The molecule has 1 aromatic carbocycles. The molecule has 0 spiro atoms. The van der Waals surface area contributed by atoms with Crippen LogP contribution in [-0.2, 0) is 6.42 Å². The zero-order valence-electron chi connectivity index (χ0n) is 7.01. The topological polar surface area (TPSA) is 0 Å². The molecule has 2 rings (SSSR count). The molecule has 0 radical (unpaired) electrons. The third-order valence-electron chi connectivity index (χ3n) is 2.34. The SMILES string of the molecule is Cc1ccc(CC2CC2)cc1. The van der Waals surface area contributed by atoms with Gasteiger partial charge >= 0.3 is 0 Å². The molecule has 1 aromatic rings. The zero-order valence-corrected chi connectivity index (χ0v) is 7.01. The molecular formula is C11H14. The molecule has 0 atom stereocenters. The fourth-order valence-electron chi connectivity index (χ4n) is 1.38. The number of hydrogen-bond donors (Lipinski definition) is 0. The summed E-state index contributed by atoms with van der Waals surface area (Å²) in [7, 11) is 0. The first-order valence-electron chi connectivity index (χ1n) is 4.40. The first-order chi connectivity index (χ1) is 5.34. The summed E-state index contributed by atoms with van der Waals surface area (Å²) in [6.07, 6.45) is 4.21. The van der Waals surface area contributed by atoms with Gasteiger partial charge in [0.2, 0.25) is 0 Å². The monoisotopic (exact) mass is 146 g/mol. The van der Waals surface area contributed by atoms with Gasteiger partial charge in [-0.15, -0.1) is 0 Å². The predicted molar refractivity (Wildman–Crippen MR) is 47.6 cm³/mol. The van der Waals surface area contributed by atoms with Gasteiger partial charge in [0.25, 0.3) is 0 Å². The average Bonchev–Trinajstić information content (AvgIpc) is 2.78. The molecule has 0 heteroatoms. The van der Waals surface area contributed by atoms with Crippen LogP contribution < -0.4 is 0 Å². The third kappa shape index (κ3) is 1.83. The number of benzene rings is 1. The van der Waals surface area contributed by atoms with Crippen molar-refractivity contribution in [1.82, 2.24) is 0 Å². The van der Waals surface area contributed by atoms with Crippen LogP contribution in [0.3, 0.4) is 0 Å². The lowest BCUT2D eigenvalue weighted by molar-refractivity contribution is 0.832. The van der Waals surface area contributed by atoms with Crippen LogP contribution in [0.5, 0.6) is 0 Å². The third-order valence-corrected chi connectivity index (χ3v) is 2.34.